The van der Waals surface area contributed by atoms with Crippen molar-refractivity contribution < 1.29 is 22.3 Å². The van der Waals surface area contributed by atoms with Crippen LogP contribution in [0.1, 0.15) is 25.7 Å². The molecule has 0 bridgehead atoms. The fourth-order valence-electron chi connectivity index (χ4n) is 1.40. The van der Waals surface area contributed by atoms with E-state index in [0.717, 1.165) is 26.0 Å². The van der Waals surface area contributed by atoms with E-state index in [4.69, 9.17) is 33.7 Å². The van der Waals surface area contributed by atoms with Gasteiger partial charge in [-0.3, -0.25) is 14.1 Å². The van der Waals surface area contributed by atoms with Crippen LogP contribution in [0.15, 0.2) is 4.99 Å². The molecule has 0 radical (unpaired) electrons. The summed E-state index contributed by atoms with van der Waals surface area (Å²) in [7, 11) is -4.67. The summed E-state index contributed by atoms with van der Waals surface area (Å²) in [5.41, 5.74) is 10.4. The van der Waals surface area contributed by atoms with E-state index in [9.17, 15) is 0 Å². The molecule has 1 rings (SSSR count). The van der Waals surface area contributed by atoms with Crippen LogP contribution < -0.4 is 11.5 Å². The first kappa shape index (κ1) is 16.1. The fourth-order valence-corrected chi connectivity index (χ4v) is 1.40. The third-order valence-corrected chi connectivity index (χ3v) is 2.00. The van der Waals surface area contributed by atoms with Crippen molar-refractivity contribution >= 4 is 16.4 Å². The molecule has 9 heteroatoms. The second-order valence-corrected chi connectivity index (χ2v) is 4.43. The number of guanidine groups is 1. The van der Waals surface area contributed by atoms with E-state index in [0.29, 0.717) is 6.10 Å². The van der Waals surface area contributed by atoms with Crippen molar-refractivity contribution in [2.75, 3.05) is 13.2 Å². The van der Waals surface area contributed by atoms with Crippen LogP contribution in [0.3, 0.4) is 0 Å². The molecule has 1 heterocycles. The molecule has 1 atom stereocenters. The molecule has 1 fully saturated rings. The Kier molecular flexibility index (Phi) is 7.79. The highest BCUT2D eigenvalue weighted by molar-refractivity contribution is 7.79. The molecular formula is C8H19N3O5S. The Morgan fingerprint density at radius 2 is 2.00 bits per heavy atom. The zero-order valence-electron chi connectivity index (χ0n) is 9.45. The molecule has 0 amide bonds. The number of nitrogens with two attached hydrogens (primary N) is 2. The largest absolute Gasteiger partial charge is 0.394 e. The quantitative estimate of drug-likeness (QED) is 0.234. The lowest BCUT2D eigenvalue weighted by Crippen LogP contribution is -2.23. The van der Waals surface area contributed by atoms with Crippen LogP contribution in [0.4, 0.5) is 0 Å². The molecule has 0 aromatic carbocycles. The van der Waals surface area contributed by atoms with Crippen molar-refractivity contribution in [3.63, 3.8) is 0 Å². The Morgan fingerprint density at radius 3 is 2.41 bits per heavy atom. The van der Waals surface area contributed by atoms with Gasteiger partial charge in [-0.15, -0.1) is 0 Å². The number of ether oxygens (including phenoxy) is 1. The third kappa shape index (κ3) is 15.1. The van der Waals surface area contributed by atoms with E-state index in [-0.39, 0.29) is 5.96 Å². The molecule has 0 spiro atoms. The SMILES string of the molecule is NC(N)=NCCCC1CCCO1.O=S(=O)(O)O. The van der Waals surface area contributed by atoms with Gasteiger partial charge < -0.3 is 16.2 Å². The highest BCUT2D eigenvalue weighted by Gasteiger charge is 2.13. The van der Waals surface area contributed by atoms with E-state index >= 15 is 0 Å². The lowest BCUT2D eigenvalue weighted by atomic mass is 10.1. The predicted octanol–water partition coefficient (Wildman–Crippen LogP) is -0.434. The maximum absolute atomic E-state index is 8.74. The Balaban J connectivity index is 0.000000437. The topological polar surface area (TPSA) is 148 Å². The maximum Gasteiger partial charge on any atom is 0.394 e. The summed E-state index contributed by atoms with van der Waals surface area (Å²) in [6.07, 6.45) is 4.95. The molecule has 0 aromatic heterocycles. The van der Waals surface area contributed by atoms with Crippen LogP contribution in [-0.2, 0) is 15.1 Å². The molecular weight excluding hydrogens is 250 g/mol. The van der Waals surface area contributed by atoms with Gasteiger partial charge in [-0.1, -0.05) is 0 Å². The number of hydrogen-bond acceptors (Lipinski definition) is 4. The van der Waals surface area contributed by atoms with Crippen molar-refractivity contribution in [1.82, 2.24) is 0 Å². The molecule has 1 saturated heterocycles. The van der Waals surface area contributed by atoms with Gasteiger partial charge in [0.05, 0.1) is 6.10 Å². The van der Waals surface area contributed by atoms with Gasteiger partial charge in [-0.2, -0.15) is 8.42 Å². The zero-order chi connectivity index (χ0) is 13.3. The summed E-state index contributed by atoms with van der Waals surface area (Å²) in [6.45, 7) is 1.65. The van der Waals surface area contributed by atoms with Crippen molar-refractivity contribution in [1.29, 1.82) is 0 Å². The van der Waals surface area contributed by atoms with Crippen molar-refractivity contribution in [3.05, 3.63) is 0 Å². The first-order valence-electron chi connectivity index (χ1n) is 5.16. The van der Waals surface area contributed by atoms with Gasteiger partial charge in [0.15, 0.2) is 5.96 Å². The normalized spacial score (nSPS) is 19.3. The lowest BCUT2D eigenvalue weighted by molar-refractivity contribution is 0.103. The summed E-state index contributed by atoms with van der Waals surface area (Å²) in [4.78, 5) is 3.90. The predicted molar refractivity (Wildman–Crippen MR) is 63.1 cm³/mol. The molecule has 0 aliphatic carbocycles. The van der Waals surface area contributed by atoms with E-state index in [1.807, 2.05) is 0 Å². The van der Waals surface area contributed by atoms with E-state index < -0.39 is 10.4 Å². The summed E-state index contributed by atoms with van der Waals surface area (Å²) >= 11 is 0. The lowest BCUT2D eigenvalue weighted by Gasteiger charge is -2.06. The van der Waals surface area contributed by atoms with Crippen molar-refractivity contribution in [2.45, 2.75) is 31.8 Å². The molecule has 6 N–H and O–H groups in total. The van der Waals surface area contributed by atoms with Gasteiger partial charge in [0, 0.05) is 13.2 Å². The number of nitrogens with zero attached hydrogens (tertiary/aromatic N) is 1. The van der Waals surface area contributed by atoms with Gasteiger partial charge >= 0.3 is 10.4 Å². The summed E-state index contributed by atoms with van der Waals surface area (Å²) in [5.74, 6) is 0.183. The summed E-state index contributed by atoms with van der Waals surface area (Å²) in [6, 6.07) is 0. The Labute approximate surface area is 101 Å². The minimum Gasteiger partial charge on any atom is -0.378 e. The average Bonchev–Trinajstić information content (AvgIpc) is 2.61. The zero-order valence-corrected chi connectivity index (χ0v) is 10.3. The molecule has 17 heavy (non-hydrogen) atoms. The fraction of sp³-hybridized carbons (Fsp3) is 0.875. The van der Waals surface area contributed by atoms with Crippen LogP contribution in [0.25, 0.3) is 0 Å². The monoisotopic (exact) mass is 269 g/mol. The Morgan fingerprint density at radius 1 is 1.41 bits per heavy atom. The van der Waals surface area contributed by atoms with Crippen LogP contribution in [0.5, 0.6) is 0 Å². The van der Waals surface area contributed by atoms with Gasteiger partial charge in [-0.25, -0.2) is 0 Å². The minimum absolute atomic E-state index is 0.183. The van der Waals surface area contributed by atoms with Crippen LogP contribution in [0.2, 0.25) is 0 Å². The molecule has 1 aliphatic rings. The van der Waals surface area contributed by atoms with Gasteiger partial charge in [-0.05, 0) is 25.7 Å². The molecule has 102 valence electrons. The number of hydrogen-bond donors (Lipinski definition) is 4. The second-order valence-electron chi connectivity index (χ2n) is 3.53. The third-order valence-electron chi connectivity index (χ3n) is 2.00. The van der Waals surface area contributed by atoms with E-state index in [1.54, 1.807) is 0 Å². The van der Waals surface area contributed by atoms with Gasteiger partial charge in [0.2, 0.25) is 0 Å². The first-order valence-corrected chi connectivity index (χ1v) is 6.55. The van der Waals surface area contributed by atoms with Crippen LogP contribution >= 0.6 is 0 Å². The van der Waals surface area contributed by atoms with Gasteiger partial charge in [0.1, 0.15) is 0 Å². The van der Waals surface area contributed by atoms with Crippen LogP contribution in [0, 0.1) is 0 Å². The Hall–Kier alpha value is -0.900. The first-order chi connectivity index (χ1) is 7.79. The molecule has 1 aliphatic heterocycles. The minimum atomic E-state index is -4.67. The number of rotatable bonds is 4. The number of aliphatic imine (C=N–C) groups is 1. The maximum atomic E-state index is 8.74. The highest BCUT2D eigenvalue weighted by Crippen LogP contribution is 2.16. The second kappa shape index (κ2) is 8.23. The van der Waals surface area contributed by atoms with Crippen molar-refractivity contribution in [2.24, 2.45) is 16.5 Å². The molecule has 1 unspecified atom stereocenters. The van der Waals surface area contributed by atoms with E-state index in [1.165, 1.54) is 12.8 Å². The average molecular weight is 269 g/mol. The summed E-state index contributed by atoms with van der Waals surface area (Å²) in [5, 5.41) is 0. The molecule has 8 nitrogen and oxygen atoms in total. The smallest absolute Gasteiger partial charge is 0.378 e. The summed E-state index contributed by atoms with van der Waals surface area (Å²) < 4.78 is 37.0. The van der Waals surface area contributed by atoms with Gasteiger partial charge in [0.25, 0.3) is 0 Å². The Bertz CT molecular complexity index is 312. The highest BCUT2D eigenvalue weighted by atomic mass is 32.3. The van der Waals surface area contributed by atoms with E-state index in [2.05, 4.69) is 4.99 Å². The standard InChI is InChI=1S/C8H17N3O.H2O4S/c9-8(10)11-5-1-3-7-4-2-6-12-7;1-5(2,3)4/h7H,1-6H2,(H4,9,10,11);(H2,1,2,3,4). The molecule has 0 aromatic rings. The van der Waals surface area contributed by atoms with Crippen LogP contribution in [-0.4, -0.2) is 42.7 Å². The van der Waals surface area contributed by atoms with Crippen molar-refractivity contribution in [3.8, 4) is 0 Å². The molecule has 0 saturated carbocycles.